The number of halogens is 4. The minimum absolute atomic E-state index is 0.215. The number of carbonyl (C=O) groups is 1. The number of benzene rings is 2. The Morgan fingerprint density at radius 3 is 2.29 bits per heavy atom. The minimum Gasteiger partial charge on any atom is -0.398 e. The zero-order chi connectivity index (χ0) is 15.6. The number of nitrogens with two attached hydrogens (primary N) is 1. The van der Waals surface area contributed by atoms with E-state index in [1.165, 1.54) is 6.07 Å². The van der Waals surface area contributed by atoms with Crippen molar-refractivity contribution in [1.82, 2.24) is 0 Å². The van der Waals surface area contributed by atoms with Crippen molar-refractivity contribution in [3.05, 3.63) is 58.1 Å². The third-order valence-electron chi connectivity index (χ3n) is 2.76. The molecule has 2 aromatic carbocycles. The maximum absolute atomic E-state index is 12.7. The molecule has 2 rings (SSSR count). The van der Waals surface area contributed by atoms with Crippen LogP contribution in [0.15, 0.2) is 46.9 Å². The Labute approximate surface area is 127 Å². The van der Waals surface area contributed by atoms with Crippen LogP contribution in [0.25, 0.3) is 0 Å². The third kappa shape index (κ3) is 3.55. The number of hydrogen-bond acceptors (Lipinski definition) is 2. The molecular formula is C14H10BrF3N2O. The molecule has 0 aliphatic heterocycles. The van der Waals surface area contributed by atoms with Gasteiger partial charge in [-0.3, -0.25) is 4.79 Å². The molecule has 0 aromatic heterocycles. The average Bonchev–Trinajstić information content (AvgIpc) is 2.40. The summed E-state index contributed by atoms with van der Waals surface area (Å²) in [5.74, 6) is -0.694. The smallest absolute Gasteiger partial charge is 0.398 e. The molecule has 21 heavy (non-hydrogen) atoms. The lowest BCUT2D eigenvalue weighted by Crippen LogP contribution is -2.17. The van der Waals surface area contributed by atoms with Crippen LogP contribution < -0.4 is 11.1 Å². The number of anilines is 2. The number of rotatable bonds is 2. The summed E-state index contributed by atoms with van der Waals surface area (Å²) < 4.78 is 39.1. The van der Waals surface area contributed by atoms with Gasteiger partial charge in [0, 0.05) is 10.2 Å². The van der Waals surface area contributed by atoms with E-state index in [1.54, 1.807) is 24.3 Å². The molecule has 0 heterocycles. The highest BCUT2D eigenvalue weighted by Gasteiger charge is 2.34. The molecule has 1 amide bonds. The quantitative estimate of drug-likeness (QED) is 0.786. The van der Waals surface area contributed by atoms with Crippen LogP contribution in [0.2, 0.25) is 0 Å². The van der Waals surface area contributed by atoms with Gasteiger partial charge in [0.1, 0.15) is 0 Å². The molecule has 3 N–H and O–H groups in total. The Morgan fingerprint density at radius 1 is 1.10 bits per heavy atom. The lowest BCUT2D eigenvalue weighted by Gasteiger charge is -2.13. The van der Waals surface area contributed by atoms with E-state index < -0.39 is 23.3 Å². The van der Waals surface area contributed by atoms with Crippen molar-refractivity contribution in [3.8, 4) is 0 Å². The number of carbonyl (C=O) groups excluding carboxylic acids is 1. The normalized spacial score (nSPS) is 11.2. The average molecular weight is 359 g/mol. The maximum Gasteiger partial charge on any atom is 0.418 e. The fourth-order valence-electron chi connectivity index (χ4n) is 1.74. The van der Waals surface area contributed by atoms with Crippen LogP contribution in [0.4, 0.5) is 24.5 Å². The van der Waals surface area contributed by atoms with Crippen molar-refractivity contribution in [1.29, 1.82) is 0 Å². The van der Waals surface area contributed by atoms with Gasteiger partial charge in [-0.15, -0.1) is 0 Å². The topological polar surface area (TPSA) is 55.1 Å². The molecule has 0 atom stereocenters. The Bertz CT molecular complexity index is 669. The van der Waals surface area contributed by atoms with Gasteiger partial charge in [0.05, 0.1) is 16.8 Å². The van der Waals surface area contributed by atoms with Crippen molar-refractivity contribution in [2.75, 3.05) is 11.1 Å². The van der Waals surface area contributed by atoms with E-state index in [2.05, 4.69) is 21.2 Å². The Kier molecular flexibility index (Phi) is 4.22. The van der Waals surface area contributed by atoms with Crippen LogP contribution in [-0.4, -0.2) is 5.91 Å². The van der Waals surface area contributed by atoms with E-state index in [1.807, 2.05) is 0 Å². The number of alkyl halides is 3. The van der Waals surface area contributed by atoms with Crippen molar-refractivity contribution >= 4 is 33.2 Å². The first kappa shape index (κ1) is 15.4. The van der Waals surface area contributed by atoms with Gasteiger partial charge in [-0.05, 0) is 36.4 Å². The molecular weight excluding hydrogens is 349 g/mol. The second kappa shape index (κ2) is 5.77. The Hall–Kier alpha value is -2.02. The number of nitrogen functional groups attached to an aromatic ring is 1. The van der Waals surface area contributed by atoms with Gasteiger partial charge >= 0.3 is 6.18 Å². The van der Waals surface area contributed by atoms with Gasteiger partial charge in [0.25, 0.3) is 5.91 Å². The molecule has 0 spiro atoms. The third-order valence-corrected chi connectivity index (χ3v) is 3.29. The minimum atomic E-state index is -4.60. The fraction of sp³-hybridized carbons (Fsp3) is 0.0714. The second-order valence-corrected chi connectivity index (χ2v) is 5.14. The summed E-state index contributed by atoms with van der Waals surface area (Å²) >= 11 is 3.24. The highest BCUT2D eigenvalue weighted by atomic mass is 79.9. The van der Waals surface area contributed by atoms with Gasteiger partial charge in [-0.1, -0.05) is 22.0 Å². The number of amides is 1. The molecule has 0 fully saturated rings. The number of hydrogen-bond donors (Lipinski definition) is 2. The summed E-state index contributed by atoms with van der Waals surface area (Å²) in [6, 6.07) is 9.87. The largest absolute Gasteiger partial charge is 0.418 e. The molecule has 0 saturated carbocycles. The first-order valence-electron chi connectivity index (χ1n) is 5.81. The van der Waals surface area contributed by atoms with Gasteiger partial charge in [-0.2, -0.15) is 13.2 Å². The lowest BCUT2D eigenvalue weighted by atomic mass is 10.1. The van der Waals surface area contributed by atoms with Crippen LogP contribution >= 0.6 is 15.9 Å². The van der Waals surface area contributed by atoms with Gasteiger partial charge in [0.15, 0.2) is 0 Å². The van der Waals surface area contributed by atoms with Crippen molar-refractivity contribution in [3.63, 3.8) is 0 Å². The molecule has 3 nitrogen and oxygen atoms in total. The molecule has 0 radical (unpaired) electrons. The van der Waals surface area contributed by atoms with Crippen LogP contribution in [0.5, 0.6) is 0 Å². The van der Waals surface area contributed by atoms with E-state index in [9.17, 15) is 18.0 Å². The maximum atomic E-state index is 12.7. The van der Waals surface area contributed by atoms with Crippen LogP contribution in [0.3, 0.4) is 0 Å². The van der Waals surface area contributed by atoms with E-state index in [4.69, 9.17) is 5.73 Å². The van der Waals surface area contributed by atoms with Crippen molar-refractivity contribution < 1.29 is 18.0 Å². The first-order chi connectivity index (χ1) is 9.79. The molecule has 0 aliphatic carbocycles. The van der Waals surface area contributed by atoms with Gasteiger partial charge in [0.2, 0.25) is 0 Å². The summed E-state index contributed by atoms with van der Waals surface area (Å²) in [7, 11) is 0. The zero-order valence-corrected chi connectivity index (χ0v) is 12.1. The van der Waals surface area contributed by atoms with Crippen LogP contribution in [0, 0.1) is 0 Å². The summed E-state index contributed by atoms with van der Waals surface area (Å²) in [6.45, 7) is 0. The molecule has 110 valence electrons. The molecule has 0 saturated heterocycles. The van der Waals surface area contributed by atoms with E-state index in [0.29, 0.717) is 5.69 Å². The van der Waals surface area contributed by atoms with E-state index in [-0.39, 0.29) is 5.56 Å². The predicted molar refractivity (Wildman–Crippen MR) is 78.0 cm³/mol. The Morgan fingerprint density at radius 2 is 1.71 bits per heavy atom. The first-order valence-corrected chi connectivity index (χ1v) is 6.61. The van der Waals surface area contributed by atoms with Gasteiger partial charge in [-0.25, -0.2) is 0 Å². The highest BCUT2D eigenvalue weighted by molar-refractivity contribution is 9.10. The highest BCUT2D eigenvalue weighted by Crippen LogP contribution is 2.35. The van der Waals surface area contributed by atoms with Crippen LogP contribution in [-0.2, 0) is 6.18 Å². The number of nitrogens with one attached hydrogen (secondary N) is 1. The van der Waals surface area contributed by atoms with Gasteiger partial charge < -0.3 is 11.1 Å². The summed E-state index contributed by atoms with van der Waals surface area (Å²) in [5.41, 5.74) is 4.10. The predicted octanol–water partition coefficient (Wildman–Crippen LogP) is 4.30. The molecule has 7 heteroatoms. The fourth-order valence-corrected chi connectivity index (χ4v) is 2.01. The van der Waals surface area contributed by atoms with Crippen molar-refractivity contribution in [2.24, 2.45) is 0 Å². The molecule has 0 unspecified atom stereocenters. The summed E-state index contributed by atoms with van der Waals surface area (Å²) in [5, 5.41) is 2.50. The zero-order valence-electron chi connectivity index (χ0n) is 10.5. The number of para-hydroxylation sites is 1. The lowest BCUT2D eigenvalue weighted by molar-refractivity contribution is -0.136. The van der Waals surface area contributed by atoms with Crippen LogP contribution in [0.1, 0.15) is 15.9 Å². The second-order valence-electron chi connectivity index (χ2n) is 4.23. The standard InChI is InChI=1S/C14H10BrF3N2O/c15-8-4-6-9(7-5-8)20-13(21)10-2-1-3-11(12(10)19)14(16,17)18/h1-7H,19H2,(H,20,21). The van der Waals surface area contributed by atoms with Crippen molar-refractivity contribution in [2.45, 2.75) is 6.18 Å². The molecule has 0 aliphatic rings. The summed E-state index contributed by atoms with van der Waals surface area (Å²) in [6.07, 6.45) is -4.60. The van der Waals surface area contributed by atoms with E-state index >= 15 is 0 Å². The molecule has 0 bridgehead atoms. The summed E-state index contributed by atoms with van der Waals surface area (Å²) in [4.78, 5) is 12.0. The Balaban J connectivity index is 2.30. The van der Waals surface area contributed by atoms with E-state index in [0.717, 1.165) is 16.6 Å². The monoisotopic (exact) mass is 358 g/mol. The molecule has 2 aromatic rings. The SMILES string of the molecule is Nc1c(C(=O)Nc2ccc(Br)cc2)cccc1C(F)(F)F.